The largest absolute Gasteiger partial charge is 0.506 e. The molecular formula is C20H27N5O5. The number of hydrogen-bond acceptors (Lipinski definition) is 8. The van der Waals surface area contributed by atoms with E-state index in [0.29, 0.717) is 5.82 Å². The molecule has 2 N–H and O–H groups in total. The number of hydrogen-bond donors (Lipinski definition) is 2. The number of pyridine rings is 1. The van der Waals surface area contributed by atoms with Crippen LogP contribution in [0.5, 0.6) is 5.75 Å². The van der Waals surface area contributed by atoms with Gasteiger partial charge in [-0.05, 0) is 46.1 Å². The summed E-state index contributed by atoms with van der Waals surface area (Å²) in [5.41, 5.74) is -1.72. The summed E-state index contributed by atoms with van der Waals surface area (Å²) in [6.07, 6.45) is 3.23. The Kier molecular flexibility index (Phi) is 5.95. The smallest absolute Gasteiger partial charge is 0.325 e. The van der Waals surface area contributed by atoms with Crippen molar-refractivity contribution in [2.24, 2.45) is 7.05 Å². The van der Waals surface area contributed by atoms with Crippen LogP contribution >= 0.6 is 0 Å². The zero-order chi connectivity index (χ0) is 22.1. The first kappa shape index (κ1) is 21.5. The van der Waals surface area contributed by atoms with Crippen molar-refractivity contribution < 1.29 is 19.4 Å². The average Bonchev–Trinajstić information content (AvgIpc) is 2.70. The summed E-state index contributed by atoms with van der Waals surface area (Å²) >= 11 is 0. The Morgan fingerprint density at radius 3 is 2.50 bits per heavy atom. The molecule has 1 amide bonds. The summed E-state index contributed by atoms with van der Waals surface area (Å²) in [5, 5.41) is 21.6. The molecule has 3 heterocycles. The number of aryl methyl sites for hydroxylation is 1. The van der Waals surface area contributed by atoms with Gasteiger partial charge >= 0.3 is 5.97 Å². The second-order valence-electron chi connectivity index (χ2n) is 8.34. The predicted molar refractivity (Wildman–Crippen MR) is 111 cm³/mol. The van der Waals surface area contributed by atoms with E-state index in [2.05, 4.69) is 20.4 Å². The molecule has 10 nitrogen and oxygen atoms in total. The number of anilines is 1. The fraction of sp³-hybridized carbons (Fsp3) is 0.550. The first-order valence-electron chi connectivity index (χ1n) is 9.93. The number of carbonyl (C=O) groups excluding carboxylic acids is 2. The van der Waals surface area contributed by atoms with Gasteiger partial charge in [-0.1, -0.05) is 0 Å². The van der Waals surface area contributed by atoms with Crippen LogP contribution in [0.4, 0.5) is 5.82 Å². The van der Waals surface area contributed by atoms with Crippen LogP contribution in [0.3, 0.4) is 0 Å². The van der Waals surface area contributed by atoms with Gasteiger partial charge in [0.2, 0.25) is 0 Å². The first-order chi connectivity index (χ1) is 14.1. The number of esters is 1. The van der Waals surface area contributed by atoms with E-state index in [4.69, 9.17) is 4.74 Å². The van der Waals surface area contributed by atoms with Gasteiger partial charge in [-0.15, -0.1) is 10.2 Å². The van der Waals surface area contributed by atoms with Gasteiger partial charge in [-0.25, -0.2) is 0 Å². The van der Waals surface area contributed by atoms with Crippen LogP contribution in [0.15, 0.2) is 10.9 Å². The zero-order valence-corrected chi connectivity index (χ0v) is 17.7. The van der Waals surface area contributed by atoms with Crippen LogP contribution in [0.2, 0.25) is 0 Å². The van der Waals surface area contributed by atoms with Crippen molar-refractivity contribution in [3.63, 3.8) is 0 Å². The number of ether oxygens (including phenoxy) is 1. The fourth-order valence-corrected chi connectivity index (χ4v) is 3.40. The maximum Gasteiger partial charge on any atom is 0.325 e. The minimum absolute atomic E-state index is 0.168. The maximum absolute atomic E-state index is 12.7. The molecule has 0 atom stereocenters. The number of nitrogens with one attached hydrogen (secondary N) is 1. The summed E-state index contributed by atoms with van der Waals surface area (Å²) < 4.78 is 6.30. The Labute approximate surface area is 173 Å². The van der Waals surface area contributed by atoms with Crippen molar-refractivity contribution in [2.45, 2.75) is 45.6 Å². The van der Waals surface area contributed by atoms with Gasteiger partial charge in [-0.2, -0.15) is 0 Å². The van der Waals surface area contributed by atoms with Gasteiger partial charge in [0.25, 0.3) is 11.5 Å². The topological polar surface area (TPSA) is 127 Å². The fourth-order valence-electron chi connectivity index (χ4n) is 3.40. The summed E-state index contributed by atoms with van der Waals surface area (Å²) in [6.45, 7) is 6.35. The Morgan fingerprint density at radius 1 is 1.20 bits per heavy atom. The van der Waals surface area contributed by atoms with Crippen LogP contribution in [-0.2, 0) is 16.6 Å². The molecule has 0 aliphatic carbocycles. The molecule has 162 valence electrons. The molecule has 30 heavy (non-hydrogen) atoms. The standard InChI is InChI=1S/C20H27N5O5/c1-20(2,3)30-14(26)11-21-18(28)15-16(27)12-10-13(25-8-6-5-7-9-25)22-23-17(12)24(4)19(15)29/h10,27H,5-9,11H2,1-4H3,(H,21,28). The Morgan fingerprint density at radius 2 is 1.87 bits per heavy atom. The molecule has 0 spiro atoms. The summed E-state index contributed by atoms with van der Waals surface area (Å²) in [4.78, 5) is 39.2. The van der Waals surface area contributed by atoms with Gasteiger partial charge in [0.05, 0.1) is 5.39 Å². The van der Waals surface area contributed by atoms with Gasteiger partial charge in [-0.3, -0.25) is 19.0 Å². The highest BCUT2D eigenvalue weighted by Gasteiger charge is 2.25. The monoisotopic (exact) mass is 417 g/mol. The van der Waals surface area contributed by atoms with Crippen molar-refractivity contribution in [1.82, 2.24) is 20.1 Å². The third-order valence-electron chi connectivity index (χ3n) is 4.81. The second kappa shape index (κ2) is 8.29. The Bertz CT molecular complexity index is 1030. The maximum atomic E-state index is 12.7. The molecule has 0 radical (unpaired) electrons. The van der Waals surface area contributed by atoms with E-state index in [1.165, 1.54) is 7.05 Å². The van der Waals surface area contributed by atoms with E-state index in [0.717, 1.165) is 36.9 Å². The number of amides is 1. The number of carbonyl (C=O) groups is 2. The molecule has 10 heteroatoms. The normalized spacial score (nSPS) is 14.6. The van der Waals surface area contributed by atoms with E-state index < -0.39 is 40.9 Å². The van der Waals surface area contributed by atoms with Gasteiger partial charge in [0, 0.05) is 20.1 Å². The number of aromatic nitrogens is 3. The lowest BCUT2D eigenvalue weighted by Crippen LogP contribution is -2.38. The molecule has 1 aliphatic heterocycles. The molecule has 2 aromatic heterocycles. The highest BCUT2D eigenvalue weighted by atomic mass is 16.6. The molecule has 0 aromatic carbocycles. The predicted octanol–water partition coefficient (Wildman–Crippen LogP) is 1.10. The molecule has 1 saturated heterocycles. The minimum Gasteiger partial charge on any atom is -0.506 e. The molecule has 1 fully saturated rings. The highest BCUT2D eigenvalue weighted by Crippen LogP contribution is 2.28. The lowest BCUT2D eigenvalue weighted by Gasteiger charge is -2.27. The van der Waals surface area contributed by atoms with Crippen LogP contribution in [-0.4, -0.2) is 57.0 Å². The Hall–Kier alpha value is -3.17. The van der Waals surface area contributed by atoms with Gasteiger partial charge in [0.15, 0.2) is 11.5 Å². The van der Waals surface area contributed by atoms with Gasteiger partial charge < -0.3 is 20.1 Å². The summed E-state index contributed by atoms with van der Waals surface area (Å²) in [6, 6.07) is 1.63. The lowest BCUT2D eigenvalue weighted by atomic mass is 10.1. The van der Waals surface area contributed by atoms with Crippen molar-refractivity contribution in [3.05, 3.63) is 22.0 Å². The molecule has 0 saturated carbocycles. The average molecular weight is 417 g/mol. The van der Waals surface area contributed by atoms with Crippen molar-refractivity contribution in [2.75, 3.05) is 24.5 Å². The van der Waals surface area contributed by atoms with Crippen molar-refractivity contribution in [3.8, 4) is 5.75 Å². The van der Waals surface area contributed by atoms with E-state index in [1.807, 2.05) is 0 Å². The SMILES string of the molecule is Cn1c(=O)c(C(=O)NCC(=O)OC(C)(C)C)c(O)c2cc(N3CCCCC3)nnc21. The lowest BCUT2D eigenvalue weighted by molar-refractivity contribution is -0.153. The van der Waals surface area contributed by atoms with E-state index >= 15 is 0 Å². The van der Waals surface area contributed by atoms with Crippen LogP contribution in [0, 0.1) is 0 Å². The minimum atomic E-state index is -0.864. The van der Waals surface area contributed by atoms with Crippen LogP contribution in [0.25, 0.3) is 11.0 Å². The number of nitrogens with zero attached hydrogens (tertiary/aromatic N) is 4. The number of rotatable bonds is 4. The second-order valence-corrected chi connectivity index (χ2v) is 8.34. The molecule has 0 bridgehead atoms. The molecule has 1 aliphatic rings. The quantitative estimate of drug-likeness (QED) is 0.708. The van der Waals surface area contributed by atoms with E-state index in [9.17, 15) is 19.5 Å². The highest BCUT2D eigenvalue weighted by molar-refractivity contribution is 6.02. The van der Waals surface area contributed by atoms with Crippen molar-refractivity contribution in [1.29, 1.82) is 0 Å². The first-order valence-corrected chi connectivity index (χ1v) is 9.93. The summed E-state index contributed by atoms with van der Waals surface area (Å²) in [7, 11) is 1.45. The molecular weight excluding hydrogens is 390 g/mol. The van der Waals surface area contributed by atoms with E-state index in [-0.39, 0.29) is 11.0 Å². The zero-order valence-electron chi connectivity index (χ0n) is 17.7. The van der Waals surface area contributed by atoms with E-state index in [1.54, 1.807) is 26.8 Å². The summed E-state index contributed by atoms with van der Waals surface area (Å²) in [5.74, 6) is -1.41. The third-order valence-corrected chi connectivity index (χ3v) is 4.81. The number of aromatic hydroxyl groups is 1. The van der Waals surface area contributed by atoms with Crippen LogP contribution in [0.1, 0.15) is 50.4 Å². The Balaban J connectivity index is 1.93. The van der Waals surface area contributed by atoms with Crippen LogP contribution < -0.4 is 15.8 Å². The molecule has 0 unspecified atom stereocenters. The third kappa shape index (κ3) is 4.52. The van der Waals surface area contributed by atoms with Gasteiger partial charge in [0.1, 0.15) is 23.5 Å². The number of fused-ring (bicyclic) bond motifs is 1. The molecule has 3 rings (SSSR count). The molecule has 2 aromatic rings. The van der Waals surface area contributed by atoms with Crippen molar-refractivity contribution >= 4 is 28.7 Å². The number of piperidine rings is 1.